The molecule has 0 fully saturated rings. The number of hydrogen-bond donors (Lipinski definition) is 1. The van der Waals surface area contributed by atoms with Crippen molar-refractivity contribution in [1.82, 2.24) is 0 Å². The molecule has 0 amide bonds. The van der Waals surface area contributed by atoms with Gasteiger partial charge in [-0.15, -0.1) is 0 Å². The van der Waals surface area contributed by atoms with Crippen molar-refractivity contribution >= 4 is 11.7 Å². The Bertz CT molecular complexity index is 423. The zero-order chi connectivity index (χ0) is 15.7. The number of hydrogen-bond acceptors (Lipinski definition) is 3. The first-order valence-electron chi connectivity index (χ1n) is 6.55. The molecule has 21 heavy (non-hydrogen) atoms. The number of benzene rings is 1. The van der Waals surface area contributed by atoms with E-state index < -0.39 is 18.8 Å². The molecule has 0 unspecified atom stereocenters. The Balaban J connectivity index is 2.46. The minimum Gasteiger partial charge on any atom is -0.481 e. The van der Waals surface area contributed by atoms with Crippen LogP contribution in [0.5, 0.6) is 0 Å². The number of aliphatic carboxylic acids is 1. The van der Waals surface area contributed by atoms with Gasteiger partial charge in [-0.3, -0.25) is 4.79 Å². The summed E-state index contributed by atoms with van der Waals surface area (Å²) in [5, 5.41) is 8.63. The summed E-state index contributed by atoms with van der Waals surface area (Å²) in [6, 6.07) is 9.11. The number of alkyl halides is 3. The molecular formula is C14H18F3NO3. The Kier molecular flexibility index (Phi) is 7.01. The number of ether oxygens (including phenoxy) is 1. The number of carboxylic acids is 1. The molecule has 118 valence electrons. The van der Waals surface area contributed by atoms with Gasteiger partial charge in [-0.25, -0.2) is 0 Å². The summed E-state index contributed by atoms with van der Waals surface area (Å²) in [4.78, 5) is 12.3. The van der Waals surface area contributed by atoms with Crippen molar-refractivity contribution in [2.75, 3.05) is 31.2 Å². The second kappa shape index (κ2) is 8.51. The van der Waals surface area contributed by atoms with E-state index in [9.17, 15) is 18.0 Å². The Labute approximate surface area is 121 Å². The van der Waals surface area contributed by atoms with E-state index in [-0.39, 0.29) is 19.6 Å². The normalized spacial score (nSPS) is 11.4. The summed E-state index contributed by atoms with van der Waals surface area (Å²) < 4.78 is 40.6. The molecule has 0 saturated carbocycles. The molecule has 0 bridgehead atoms. The maximum atomic E-state index is 12.0. The molecule has 1 N–H and O–H groups in total. The molecule has 7 heteroatoms. The Morgan fingerprint density at radius 3 is 2.43 bits per heavy atom. The van der Waals surface area contributed by atoms with Crippen molar-refractivity contribution in [3.05, 3.63) is 30.3 Å². The fraction of sp³-hybridized carbons (Fsp3) is 0.500. The monoisotopic (exact) mass is 305 g/mol. The number of carbonyl (C=O) groups is 1. The van der Waals surface area contributed by atoms with Gasteiger partial charge in [0.2, 0.25) is 0 Å². The zero-order valence-electron chi connectivity index (χ0n) is 11.5. The first kappa shape index (κ1) is 17.3. The average Bonchev–Trinajstić information content (AvgIpc) is 2.41. The number of rotatable bonds is 9. The van der Waals surface area contributed by atoms with Crippen LogP contribution >= 0.6 is 0 Å². The Morgan fingerprint density at radius 2 is 1.86 bits per heavy atom. The van der Waals surface area contributed by atoms with Crippen molar-refractivity contribution < 1.29 is 27.8 Å². The van der Waals surface area contributed by atoms with Crippen molar-refractivity contribution in [2.24, 2.45) is 0 Å². The van der Waals surface area contributed by atoms with Crippen molar-refractivity contribution in [2.45, 2.75) is 19.0 Å². The summed E-state index contributed by atoms with van der Waals surface area (Å²) in [5.74, 6) is -0.892. The van der Waals surface area contributed by atoms with Crippen molar-refractivity contribution in [1.29, 1.82) is 0 Å². The highest BCUT2D eigenvalue weighted by atomic mass is 19.4. The van der Waals surface area contributed by atoms with Gasteiger partial charge in [0.05, 0.1) is 6.61 Å². The molecule has 0 aliphatic carbocycles. The lowest BCUT2D eigenvalue weighted by atomic mass is 10.2. The standard InChI is InChI=1S/C14H18F3NO3/c15-14(16,17)11-21-10-9-18(8-4-7-13(19)20)12-5-2-1-3-6-12/h1-3,5-6H,4,7-11H2,(H,19,20). The van der Waals surface area contributed by atoms with E-state index in [0.29, 0.717) is 13.0 Å². The lowest BCUT2D eigenvalue weighted by Gasteiger charge is -2.24. The van der Waals surface area contributed by atoms with Crippen LogP contribution in [0.15, 0.2) is 30.3 Å². The second-order valence-corrected chi connectivity index (χ2v) is 4.49. The third-order valence-electron chi connectivity index (χ3n) is 2.71. The maximum Gasteiger partial charge on any atom is 0.411 e. The van der Waals surface area contributed by atoms with E-state index in [0.717, 1.165) is 5.69 Å². The summed E-state index contributed by atoms with van der Waals surface area (Å²) >= 11 is 0. The highest BCUT2D eigenvalue weighted by Gasteiger charge is 2.27. The predicted octanol–water partition coefficient (Wildman–Crippen LogP) is 2.94. The van der Waals surface area contributed by atoms with Gasteiger partial charge in [0.25, 0.3) is 0 Å². The van der Waals surface area contributed by atoms with E-state index in [2.05, 4.69) is 4.74 Å². The number of carboxylic acid groups (broad SMARTS) is 1. The average molecular weight is 305 g/mol. The van der Waals surface area contributed by atoms with Gasteiger partial charge in [-0.2, -0.15) is 13.2 Å². The summed E-state index contributed by atoms with van der Waals surface area (Å²) in [6.07, 6.45) is -3.89. The molecule has 4 nitrogen and oxygen atoms in total. The number of anilines is 1. The van der Waals surface area contributed by atoms with Crippen LogP contribution in [-0.4, -0.2) is 43.6 Å². The minimum atomic E-state index is -4.33. The highest BCUT2D eigenvalue weighted by Crippen LogP contribution is 2.16. The third-order valence-corrected chi connectivity index (χ3v) is 2.71. The van der Waals surface area contributed by atoms with E-state index in [4.69, 9.17) is 5.11 Å². The van der Waals surface area contributed by atoms with Gasteiger partial charge < -0.3 is 14.7 Å². The molecule has 1 rings (SSSR count). The first-order valence-corrected chi connectivity index (χ1v) is 6.55. The van der Waals surface area contributed by atoms with Crippen LogP contribution in [0.3, 0.4) is 0 Å². The summed E-state index contributed by atoms with van der Waals surface area (Å²) in [5.41, 5.74) is 0.832. The molecule has 0 aliphatic rings. The fourth-order valence-electron chi connectivity index (χ4n) is 1.79. The smallest absolute Gasteiger partial charge is 0.411 e. The number of para-hydroxylation sites is 1. The molecule has 0 heterocycles. The molecule has 0 aromatic heterocycles. The molecule has 0 radical (unpaired) electrons. The SMILES string of the molecule is O=C(O)CCCN(CCOCC(F)(F)F)c1ccccc1. The van der Waals surface area contributed by atoms with Gasteiger partial charge in [-0.05, 0) is 18.6 Å². The Morgan fingerprint density at radius 1 is 1.19 bits per heavy atom. The lowest BCUT2D eigenvalue weighted by Crippen LogP contribution is -2.30. The molecule has 1 aromatic rings. The molecule has 0 atom stereocenters. The summed E-state index contributed by atoms with van der Waals surface area (Å²) in [7, 11) is 0. The lowest BCUT2D eigenvalue weighted by molar-refractivity contribution is -0.173. The second-order valence-electron chi connectivity index (χ2n) is 4.49. The van der Waals surface area contributed by atoms with Crippen molar-refractivity contribution in [3.63, 3.8) is 0 Å². The first-order chi connectivity index (χ1) is 9.88. The fourth-order valence-corrected chi connectivity index (χ4v) is 1.79. The van der Waals surface area contributed by atoms with Crippen LogP contribution in [0, 0.1) is 0 Å². The number of halogens is 3. The van der Waals surface area contributed by atoms with Gasteiger partial charge in [-0.1, -0.05) is 18.2 Å². The molecular weight excluding hydrogens is 287 g/mol. The van der Waals surface area contributed by atoms with Crippen LogP contribution in [0.25, 0.3) is 0 Å². The number of nitrogens with zero attached hydrogens (tertiary/aromatic N) is 1. The van der Waals surface area contributed by atoms with Crippen LogP contribution in [0.4, 0.5) is 18.9 Å². The van der Waals surface area contributed by atoms with Crippen molar-refractivity contribution in [3.8, 4) is 0 Å². The molecule has 1 aromatic carbocycles. The molecule has 0 saturated heterocycles. The third kappa shape index (κ3) is 8.19. The van der Waals surface area contributed by atoms with E-state index >= 15 is 0 Å². The van der Waals surface area contributed by atoms with E-state index in [1.807, 2.05) is 35.2 Å². The Hall–Kier alpha value is -1.76. The van der Waals surface area contributed by atoms with Gasteiger partial charge in [0.1, 0.15) is 6.61 Å². The van der Waals surface area contributed by atoms with Gasteiger partial charge >= 0.3 is 12.1 Å². The topological polar surface area (TPSA) is 49.8 Å². The zero-order valence-corrected chi connectivity index (χ0v) is 11.5. The van der Waals surface area contributed by atoms with Gasteiger partial charge in [0.15, 0.2) is 0 Å². The van der Waals surface area contributed by atoms with Crippen LogP contribution < -0.4 is 4.90 Å². The predicted molar refractivity (Wildman–Crippen MR) is 72.4 cm³/mol. The quantitative estimate of drug-likeness (QED) is 0.713. The molecule has 0 spiro atoms. The van der Waals surface area contributed by atoms with Crippen LogP contribution in [-0.2, 0) is 9.53 Å². The van der Waals surface area contributed by atoms with E-state index in [1.165, 1.54) is 0 Å². The highest BCUT2D eigenvalue weighted by molar-refractivity contribution is 5.66. The van der Waals surface area contributed by atoms with Crippen LogP contribution in [0.1, 0.15) is 12.8 Å². The largest absolute Gasteiger partial charge is 0.481 e. The molecule has 0 aliphatic heterocycles. The van der Waals surface area contributed by atoms with Gasteiger partial charge in [0, 0.05) is 25.2 Å². The minimum absolute atomic E-state index is 0.0206. The van der Waals surface area contributed by atoms with E-state index in [1.54, 1.807) is 0 Å². The van der Waals surface area contributed by atoms with Crippen LogP contribution in [0.2, 0.25) is 0 Å². The maximum absolute atomic E-state index is 12.0. The summed E-state index contributed by atoms with van der Waals surface area (Å²) in [6.45, 7) is -0.613.